The first kappa shape index (κ1) is 14.3. The molecule has 0 aliphatic carbocycles. The van der Waals surface area contributed by atoms with E-state index in [-0.39, 0.29) is 5.02 Å². The fourth-order valence-corrected chi connectivity index (χ4v) is 2.55. The molecule has 0 spiro atoms. The van der Waals surface area contributed by atoms with Gasteiger partial charge in [0.05, 0.1) is 10.7 Å². The molecule has 0 N–H and O–H groups in total. The topological polar surface area (TPSA) is 30.7 Å². The Morgan fingerprint density at radius 3 is 2.81 bits per heavy atom. The Balaban J connectivity index is 2.27. The van der Waals surface area contributed by atoms with Crippen LogP contribution in [0.3, 0.4) is 0 Å². The molecule has 1 aromatic carbocycles. The number of hydrogen-bond acceptors (Lipinski definition) is 2. The second-order valence-electron chi connectivity index (χ2n) is 4.76. The van der Waals surface area contributed by atoms with Gasteiger partial charge in [0.2, 0.25) is 0 Å². The molecule has 0 atom stereocenters. The minimum absolute atomic E-state index is 0.0888. The Hall–Kier alpha value is -1.65. The average molecular weight is 324 g/mol. The summed E-state index contributed by atoms with van der Waals surface area (Å²) in [6.07, 6.45) is 2.33. The van der Waals surface area contributed by atoms with Crippen molar-refractivity contribution in [3.8, 4) is 5.69 Å². The first-order chi connectivity index (χ1) is 10.1. The van der Waals surface area contributed by atoms with Gasteiger partial charge in [0.1, 0.15) is 17.2 Å². The van der Waals surface area contributed by atoms with E-state index < -0.39 is 5.82 Å². The van der Waals surface area contributed by atoms with E-state index in [2.05, 4.69) is 9.97 Å². The normalized spacial score (nSPS) is 11.2. The monoisotopic (exact) mass is 323 g/mol. The highest BCUT2D eigenvalue weighted by Gasteiger charge is 2.14. The highest BCUT2D eigenvalue weighted by molar-refractivity contribution is 6.30. The molecule has 3 aromatic rings. The molecule has 0 unspecified atom stereocenters. The number of benzene rings is 1. The third kappa shape index (κ3) is 2.61. The number of rotatable bonds is 3. The van der Waals surface area contributed by atoms with Crippen molar-refractivity contribution in [2.24, 2.45) is 0 Å². The molecular formula is C15H12Cl2FN3. The first-order valence-electron chi connectivity index (χ1n) is 6.45. The van der Waals surface area contributed by atoms with Crippen LogP contribution in [0.4, 0.5) is 4.39 Å². The molecule has 0 aliphatic heterocycles. The number of aryl methyl sites for hydroxylation is 2. The SMILES string of the molecule is Cc1cnc2c(c1)nc(CCCl)n2-c1ccc(Cl)c(F)c1. The largest absolute Gasteiger partial charge is 0.281 e. The molecule has 108 valence electrons. The number of nitrogens with zero attached hydrogens (tertiary/aromatic N) is 3. The third-order valence-corrected chi connectivity index (χ3v) is 3.68. The Kier molecular flexibility index (Phi) is 3.83. The second kappa shape index (κ2) is 5.62. The molecule has 3 rings (SSSR count). The van der Waals surface area contributed by atoms with Gasteiger partial charge >= 0.3 is 0 Å². The number of hydrogen-bond donors (Lipinski definition) is 0. The van der Waals surface area contributed by atoms with Crippen LogP contribution in [-0.2, 0) is 6.42 Å². The average Bonchev–Trinajstić information content (AvgIpc) is 2.79. The molecule has 0 bridgehead atoms. The zero-order chi connectivity index (χ0) is 15.0. The molecule has 21 heavy (non-hydrogen) atoms. The maximum absolute atomic E-state index is 13.7. The van der Waals surface area contributed by atoms with Gasteiger partial charge in [0.15, 0.2) is 5.65 Å². The molecule has 2 aromatic heterocycles. The van der Waals surface area contributed by atoms with Crippen molar-refractivity contribution >= 4 is 34.4 Å². The molecule has 0 radical (unpaired) electrons. The summed E-state index contributed by atoms with van der Waals surface area (Å²) >= 11 is 11.6. The molecule has 6 heteroatoms. The smallest absolute Gasteiger partial charge is 0.164 e. The summed E-state index contributed by atoms with van der Waals surface area (Å²) in [4.78, 5) is 8.97. The summed E-state index contributed by atoms with van der Waals surface area (Å²) in [5.41, 5.74) is 3.11. The van der Waals surface area contributed by atoms with Crippen molar-refractivity contribution < 1.29 is 4.39 Å². The first-order valence-corrected chi connectivity index (χ1v) is 7.37. The molecule has 0 fully saturated rings. The van der Waals surface area contributed by atoms with E-state index in [0.29, 0.717) is 23.6 Å². The van der Waals surface area contributed by atoms with Crippen LogP contribution in [0.2, 0.25) is 5.02 Å². The lowest BCUT2D eigenvalue weighted by Gasteiger charge is -2.08. The lowest BCUT2D eigenvalue weighted by Crippen LogP contribution is -2.03. The molecule has 0 amide bonds. The molecule has 0 saturated heterocycles. The van der Waals surface area contributed by atoms with Gasteiger partial charge in [-0.05, 0) is 36.8 Å². The van der Waals surface area contributed by atoms with Crippen LogP contribution in [0.1, 0.15) is 11.4 Å². The summed E-state index contributed by atoms with van der Waals surface area (Å²) in [6, 6.07) is 6.59. The molecule has 3 nitrogen and oxygen atoms in total. The number of imidazole rings is 1. The molecule has 2 heterocycles. The van der Waals surface area contributed by atoms with Crippen LogP contribution in [0.5, 0.6) is 0 Å². The van der Waals surface area contributed by atoms with E-state index in [9.17, 15) is 4.39 Å². The highest BCUT2D eigenvalue weighted by Crippen LogP contribution is 2.24. The van der Waals surface area contributed by atoms with Crippen LogP contribution in [0.15, 0.2) is 30.5 Å². The van der Waals surface area contributed by atoms with Crippen LogP contribution in [0, 0.1) is 12.7 Å². The predicted molar refractivity (Wildman–Crippen MR) is 83.0 cm³/mol. The standard InChI is InChI=1S/C15H12Cl2FN3/c1-9-6-13-15(19-8-9)21(14(20-13)4-5-16)10-2-3-11(17)12(18)7-10/h2-3,6-8H,4-5H2,1H3. The van der Waals surface area contributed by atoms with Gasteiger partial charge < -0.3 is 0 Å². The van der Waals surface area contributed by atoms with Crippen LogP contribution < -0.4 is 0 Å². The predicted octanol–water partition coefficient (Wildman–Crippen LogP) is 4.30. The fraction of sp³-hybridized carbons (Fsp3) is 0.200. The number of halogens is 3. The van der Waals surface area contributed by atoms with Gasteiger partial charge in [-0.1, -0.05) is 11.6 Å². The zero-order valence-corrected chi connectivity index (χ0v) is 12.8. The summed E-state index contributed by atoms with van der Waals surface area (Å²) in [6.45, 7) is 1.95. The maximum Gasteiger partial charge on any atom is 0.164 e. The van der Waals surface area contributed by atoms with Gasteiger partial charge in [-0.15, -0.1) is 11.6 Å². The number of alkyl halides is 1. The van der Waals surface area contributed by atoms with E-state index in [1.165, 1.54) is 12.1 Å². The highest BCUT2D eigenvalue weighted by atomic mass is 35.5. The second-order valence-corrected chi connectivity index (χ2v) is 5.54. The van der Waals surface area contributed by atoms with Crippen molar-refractivity contribution in [2.45, 2.75) is 13.3 Å². The van der Waals surface area contributed by atoms with Gasteiger partial charge in [-0.2, -0.15) is 0 Å². The number of pyridine rings is 1. The third-order valence-electron chi connectivity index (χ3n) is 3.18. The Labute approximate surface area is 131 Å². The summed E-state index contributed by atoms with van der Waals surface area (Å²) in [7, 11) is 0. The lowest BCUT2D eigenvalue weighted by atomic mass is 10.3. The van der Waals surface area contributed by atoms with Crippen LogP contribution in [-0.4, -0.2) is 20.4 Å². The molecule has 0 saturated carbocycles. The van der Waals surface area contributed by atoms with Gasteiger partial charge in [-0.25, -0.2) is 14.4 Å². The fourth-order valence-electron chi connectivity index (χ4n) is 2.26. The number of fused-ring (bicyclic) bond motifs is 1. The minimum atomic E-state index is -0.472. The van der Waals surface area contributed by atoms with Crippen molar-refractivity contribution in [2.75, 3.05) is 5.88 Å². The van der Waals surface area contributed by atoms with E-state index >= 15 is 0 Å². The quantitative estimate of drug-likeness (QED) is 0.673. The van der Waals surface area contributed by atoms with Crippen LogP contribution in [0.25, 0.3) is 16.9 Å². The maximum atomic E-state index is 13.7. The van der Waals surface area contributed by atoms with Gasteiger partial charge in [-0.3, -0.25) is 4.57 Å². The van der Waals surface area contributed by atoms with Gasteiger partial charge in [0.25, 0.3) is 0 Å². The summed E-state index contributed by atoms with van der Waals surface area (Å²) in [5.74, 6) is 0.707. The van der Waals surface area contributed by atoms with Crippen molar-refractivity contribution in [3.05, 3.63) is 52.7 Å². The summed E-state index contributed by atoms with van der Waals surface area (Å²) < 4.78 is 15.6. The van der Waals surface area contributed by atoms with Crippen molar-refractivity contribution in [3.63, 3.8) is 0 Å². The molecular weight excluding hydrogens is 312 g/mol. The van der Waals surface area contributed by atoms with E-state index in [4.69, 9.17) is 23.2 Å². The zero-order valence-electron chi connectivity index (χ0n) is 11.3. The Bertz CT molecular complexity index is 814. The van der Waals surface area contributed by atoms with E-state index in [0.717, 1.165) is 16.9 Å². The van der Waals surface area contributed by atoms with E-state index in [1.807, 2.05) is 17.6 Å². The Morgan fingerprint density at radius 1 is 1.29 bits per heavy atom. The Morgan fingerprint density at radius 2 is 2.10 bits per heavy atom. The lowest BCUT2D eigenvalue weighted by molar-refractivity contribution is 0.627. The van der Waals surface area contributed by atoms with Crippen molar-refractivity contribution in [1.82, 2.24) is 14.5 Å². The van der Waals surface area contributed by atoms with Gasteiger partial charge in [0, 0.05) is 18.5 Å². The van der Waals surface area contributed by atoms with E-state index in [1.54, 1.807) is 12.3 Å². The minimum Gasteiger partial charge on any atom is -0.281 e. The van der Waals surface area contributed by atoms with Crippen molar-refractivity contribution in [1.29, 1.82) is 0 Å². The summed E-state index contributed by atoms with van der Waals surface area (Å²) in [5, 5.41) is 0.0888. The molecule has 0 aliphatic rings. The number of aromatic nitrogens is 3. The van der Waals surface area contributed by atoms with Crippen LogP contribution >= 0.6 is 23.2 Å².